The molecule has 2 aliphatic rings. The third kappa shape index (κ3) is 7.09. The van der Waals surface area contributed by atoms with Crippen molar-refractivity contribution in [3.8, 4) is 22.3 Å². The van der Waals surface area contributed by atoms with E-state index >= 15 is 0 Å². The van der Waals surface area contributed by atoms with E-state index in [4.69, 9.17) is 11.6 Å². The van der Waals surface area contributed by atoms with Gasteiger partial charge in [0, 0.05) is 0 Å². The van der Waals surface area contributed by atoms with Crippen LogP contribution in [0.1, 0.15) is 103 Å². The maximum absolute atomic E-state index is 7.29. The third-order valence-corrected chi connectivity index (χ3v) is 29.0. The molecule has 0 heterocycles. The Hall–Kier alpha value is -1.67. The van der Waals surface area contributed by atoms with Crippen LogP contribution in [0.2, 0.25) is 14.3 Å². The van der Waals surface area contributed by atoms with Gasteiger partial charge in [0.05, 0.1) is 0 Å². The molecule has 49 heavy (non-hydrogen) atoms. The smallest absolute Gasteiger partial charge is 0.147 e. The molecular weight excluding hydrogens is 754 g/mol. The Balaban J connectivity index is 0.00000270. The van der Waals surface area contributed by atoms with Crippen LogP contribution in [0.25, 0.3) is 34.4 Å². The summed E-state index contributed by atoms with van der Waals surface area (Å²) in [6, 6.07) is 30.0. The standard InChI is InChI=1S/C22H25.C20H20Cl.2CH3.2ClH.H2Si.Zr/c1-15(2)18-13-17-7-6-8-20(21(17)14-18)16-9-11-19(12-10-16)22(3,4)5;1-13-11-17-16(9-10-19(21)18(17)12-13)14-5-7-15(8-6-14)20(2,3)4;;;;;;/h6-15H,1-5H3;5-12H,1-4H3;2*1H3;2*1H;1H2;. The molecule has 0 saturated carbocycles. The molecule has 0 spiro atoms. The second-order valence-electron chi connectivity index (χ2n) is 17.9. The summed E-state index contributed by atoms with van der Waals surface area (Å²) in [5.41, 5.74) is 17.0. The minimum atomic E-state index is -3.80. The van der Waals surface area contributed by atoms with E-state index in [1.807, 2.05) is 0 Å². The molecule has 4 aromatic carbocycles. The summed E-state index contributed by atoms with van der Waals surface area (Å²) in [5, 5.41) is 0.921. The topological polar surface area (TPSA) is 0 Å². The Bertz CT molecular complexity index is 2010. The monoisotopic (exact) mass is 806 g/mol. The van der Waals surface area contributed by atoms with Crippen molar-refractivity contribution in [1.29, 1.82) is 0 Å². The van der Waals surface area contributed by atoms with Crippen molar-refractivity contribution >= 4 is 55.4 Å². The maximum Gasteiger partial charge on any atom is -0.147 e. The molecule has 0 amide bonds. The van der Waals surface area contributed by atoms with Crippen molar-refractivity contribution < 1.29 is 17.4 Å². The van der Waals surface area contributed by atoms with Gasteiger partial charge in [-0.15, -0.1) is 24.8 Å². The van der Waals surface area contributed by atoms with E-state index in [9.17, 15) is 0 Å². The van der Waals surface area contributed by atoms with Crippen LogP contribution in [0.4, 0.5) is 0 Å². The predicted molar refractivity (Wildman–Crippen MR) is 223 cm³/mol. The third-order valence-electron chi connectivity index (χ3n) is 11.1. The average Bonchev–Trinajstić information content (AvgIpc) is 3.57. The first kappa shape index (κ1) is 40.1. The Kier molecular flexibility index (Phi) is 11.2. The van der Waals surface area contributed by atoms with E-state index in [1.165, 1.54) is 61.2 Å². The second-order valence-corrected chi connectivity index (χ2v) is 48.8. The molecule has 0 fully saturated rings. The van der Waals surface area contributed by atoms with Gasteiger partial charge >= 0.3 is 294 Å². The van der Waals surface area contributed by atoms with Crippen molar-refractivity contribution in [2.24, 2.45) is 5.92 Å². The van der Waals surface area contributed by atoms with Gasteiger partial charge in [-0.05, 0) is 0 Å². The van der Waals surface area contributed by atoms with Crippen LogP contribution >= 0.6 is 36.4 Å². The van der Waals surface area contributed by atoms with E-state index in [-0.39, 0.29) is 35.6 Å². The van der Waals surface area contributed by atoms with Gasteiger partial charge in [0.2, 0.25) is 0 Å². The summed E-state index contributed by atoms with van der Waals surface area (Å²) < 4.78 is 6.26. The molecule has 0 aliphatic heterocycles. The molecule has 0 N–H and O–H groups in total. The second kappa shape index (κ2) is 13.7. The summed E-state index contributed by atoms with van der Waals surface area (Å²) in [4.78, 5) is 0. The van der Waals surface area contributed by atoms with Crippen LogP contribution in [0.3, 0.4) is 0 Å². The van der Waals surface area contributed by atoms with Crippen LogP contribution in [0.15, 0.2) is 90.0 Å². The van der Waals surface area contributed by atoms with E-state index in [2.05, 4.69) is 169 Å². The molecule has 0 radical (unpaired) electrons. The SMILES string of the molecule is CC1=Cc2c(-c3ccc(C(C)(C)C)cc3)ccc(Cl)c2[CH]1[Zr]([CH3])([CH3])(=[SiH2])[CH]1C(C(C)C)=Cc2c(-c3ccc(C(C)(C)C)cc3)cccc21.Cl.Cl. The molecule has 2 aliphatic carbocycles. The summed E-state index contributed by atoms with van der Waals surface area (Å²) >= 11 is 3.49. The van der Waals surface area contributed by atoms with Crippen molar-refractivity contribution in [3.05, 3.63) is 128 Å². The minimum absolute atomic E-state index is 0. The molecule has 6 rings (SSSR count). The van der Waals surface area contributed by atoms with Crippen LogP contribution < -0.4 is 0 Å². The van der Waals surface area contributed by atoms with Crippen molar-refractivity contribution in [2.45, 2.75) is 89.7 Å². The zero-order valence-electron chi connectivity index (χ0n) is 31.3. The molecule has 0 aromatic heterocycles. The molecular formula is C44H55Cl3SiZr. The predicted octanol–water partition coefficient (Wildman–Crippen LogP) is 13.7. The summed E-state index contributed by atoms with van der Waals surface area (Å²) in [6.07, 6.45) is 5.06. The van der Waals surface area contributed by atoms with E-state index in [1.54, 1.807) is 5.57 Å². The van der Waals surface area contributed by atoms with Crippen LogP contribution in [0, 0.1) is 5.92 Å². The molecule has 4 aromatic rings. The molecule has 2 atom stereocenters. The van der Waals surface area contributed by atoms with Gasteiger partial charge in [-0.1, -0.05) is 0 Å². The first-order chi connectivity index (χ1) is 21.8. The summed E-state index contributed by atoms with van der Waals surface area (Å²) in [5.74, 6) is 0.467. The van der Waals surface area contributed by atoms with Gasteiger partial charge in [-0.25, -0.2) is 0 Å². The fourth-order valence-corrected chi connectivity index (χ4v) is 29.7. The van der Waals surface area contributed by atoms with Gasteiger partial charge < -0.3 is 0 Å². The number of allylic oxidation sites excluding steroid dienone is 2. The van der Waals surface area contributed by atoms with Crippen molar-refractivity contribution in [1.82, 2.24) is 0 Å². The van der Waals surface area contributed by atoms with Gasteiger partial charge in [0.25, 0.3) is 0 Å². The van der Waals surface area contributed by atoms with Crippen molar-refractivity contribution in [3.63, 3.8) is 0 Å². The Morgan fingerprint density at radius 3 is 1.61 bits per heavy atom. The minimum Gasteiger partial charge on any atom is -0.147 e. The average molecular weight is 810 g/mol. The molecule has 0 nitrogen and oxygen atoms in total. The summed E-state index contributed by atoms with van der Waals surface area (Å²) in [6.45, 7) is 23.3. The number of hydrogen-bond donors (Lipinski definition) is 0. The zero-order chi connectivity index (χ0) is 34.3. The van der Waals surface area contributed by atoms with E-state index < -0.39 is 17.4 Å². The number of hydrogen-bond acceptors (Lipinski definition) is 0. The van der Waals surface area contributed by atoms with Gasteiger partial charge in [0.15, 0.2) is 0 Å². The number of benzene rings is 4. The van der Waals surface area contributed by atoms with Crippen LogP contribution in [0.5, 0.6) is 0 Å². The zero-order valence-corrected chi connectivity index (χ0v) is 37.6. The molecule has 260 valence electrons. The first-order valence-corrected chi connectivity index (χ1v) is 31.5. The van der Waals surface area contributed by atoms with Crippen molar-refractivity contribution in [2.75, 3.05) is 0 Å². The van der Waals surface area contributed by atoms with Gasteiger partial charge in [-0.2, -0.15) is 0 Å². The molecule has 2 unspecified atom stereocenters. The fraction of sp³-hybridized carbons (Fsp3) is 0.364. The largest absolute Gasteiger partial charge is 0.147 e. The molecule has 5 heteroatoms. The van der Waals surface area contributed by atoms with Gasteiger partial charge in [0.1, 0.15) is 0 Å². The fourth-order valence-electron chi connectivity index (χ4n) is 8.77. The van der Waals surface area contributed by atoms with Crippen LogP contribution in [-0.2, 0) is 28.2 Å². The Labute approximate surface area is 316 Å². The Morgan fingerprint density at radius 2 is 1.14 bits per heavy atom. The number of halogens is 3. The Morgan fingerprint density at radius 1 is 0.653 bits per heavy atom. The molecule has 0 saturated heterocycles. The maximum atomic E-state index is 7.29. The van der Waals surface area contributed by atoms with E-state index in [0.29, 0.717) is 13.2 Å². The van der Waals surface area contributed by atoms with E-state index in [0.717, 1.165) is 5.02 Å². The van der Waals surface area contributed by atoms with Crippen LogP contribution in [-0.4, -0.2) is 6.88 Å². The normalized spacial score (nSPS) is 17.5. The molecule has 0 bridgehead atoms. The first-order valence-electron chi connectivity index (χ1n) is 17.4. The summed E-state index contributed by atoms with van der Waals surface area (Å²) in [7, 11) is 0. The van der Waals surface area contributed by atoms with Gasteiger partial charge in [-0.3, -0.25) is 0 Å². The quantitative estimate of drug-likeness (QED) is 0.176. The number of fused-ring (bicyclic) bond motifs is 2. The number of rotatable bonds is 5.